The first-order valence-corrected chi connectivity index (χ1v) is 4.30. The molecule has 2 aromatic heterocycles. The van der Waals surface area contributed by atoms with Gasteiger partial charge in [-0.05, 0) is 29.8 Å². The van der Waals surface area contributed by atoms with Crippen LogP contribution in [0.1, 0.15) is 10.7 Å². The summed E-state index contributed by atoms with van der Waals surface area (Å²) < 4.78 is 3.98. The van der Waals surface area contributed by atoms with E-state index in [-0.39, 0.29) is 0 Å². The number of nitrogens with zero attached hydrogens (tertiary/aromatic N) is 2. The Morgan fingerprint density at radius 2 is 2.33 bits per heavy atom. The second-order valence-corrected chi connectivity index (χ2v) is 3.09. The Morgan fingerprint density at radius 1 is 1.33 bits per heavy atom. The number of aromatic nitrogens is 3. The molecule has 2 heterocycles. The third kappa shape index (κ3) is 1.60. The molecule has 2 rings (SSSR count). The number of imidazole rings is 1. The van der Waals surface area contributed by atoms with Crippen LogP contribution >= 0.6 is 11.5 Å². The van der Waals surface area contributed by atoms with Gasteiger partial charge < -0.3 is 4.98 Å². The normalized spacial score (nSPS) is 11.0. The molecule has 0 unspecified atom stereocenters. The van der Waals surface area contributed by atoms with Gasteiger partial charge in [0.15, 0.2) is 0 Å². The van der Waals surface area contributed by atoms with Crippen molar-refractivity contribution in [3.8, 4) is 0 Å². The van der Waals surface area contributed by atoms with E-state index >= 15 is 0 Å². The van der Waals surface area contributed by atoms with Crippen molar-refractivity contribution < 1.29 is 0 Å². The first-order chi connectivity index (χ1) is 5.95. The van der Waals surface area contributed by atoms with Crippen LogP contribution in [0.5, 0.6) is 0 Å². The molecular formula is C8H7N3S. The molecule has 60 valence electrons. The maximum atomic E-state index is 4.06. The van der Waals surface area contributed by atoms with E-state index in [0.29, 0.717) is 0 Å². The lowest BCUT2D eigenvalue weighted by Gasteiger charge is -1.81. The van der Waals surface area contributed by atoms with E-state index in [2.05, 4.69) is 14.3 Å². The average Bonchev–Trinajstić information content (AvgIpc) is 2.74. The molecule has 0 aliphatic carbocycles. The van der Waals surface area contributed by atoms with Crippen LogP contribution in [0, 0.1) is 0 Å². The molecule has 0 bridgehead atoms. The van der Waals surface area contributed by atoms with Crippen LogP contribution in [0.25, 0.3) is 12.2 Å². The van der Waals surface area contributed by atoms with Gasteiger partial charge in [-0.15, -0.1) is 0 Å². The lowest BCUT2D eigenvalue weighted by molar-refractivity contribution is 1.27. The van der Waals surface area contributed by atoms with Gasteiger partial charge in [0.05, 0.1) is 0 Å². The number of hydrogen-bond donors (Lipinski definition) is 1. The van der Waals surface area contributed by atoms with Gasteiger partial charge in [0.1, 0.15) is 5.82 Å². The van der Waals surface area contributed by atoms with Crippen LogP contribution in [0.2, 0.25) is 0 Å². The van der Waals surface area contributed by atoms with Crippen molar-refractivity contribution in [2.24, 2.45) is 0 Å². The fourth-order valence-corrected chi connectivity index (χ4v) is 1.34. The van der Waals surface area contributed by atoms with E-state index in [0.717, 1.165) is 10.7 Å². The van der Waals surface area contributed by atoms with Crippen molar-refractivity contribution in [2.75, 3.05) is 0 Å². The third-order valence-electron chi connectivity index (χ3n) is 1.38. The molecule has 0 saturated heterocycles. The molecule has 0 amide bonds. The number of rotatable bonds is 2. The molecule has 2 aromatic rings. The van der Waals surface area contributed by atoms with E-state index in [1.54, 1.807) is 18.6 Å². The molecule has 0 aliphatic rings. The molecule has 0 aliphatic heterocycles. The Labute approximate surface area is 74.0 Å². The second kappa shape index (κ2) is 3.32. The summed E-state index contributed by atoms with van der Waals surface area (Å²) in [5.41, 5.74) is 0. The molecular weight excluding hydrogens is 170 g/mol. The summed E-state index contributed by atoms with van der Waals surface area (Å²) >= 11 is 1.47. The lowest BCUT2D eigenvalue weighted by Crippen LogP contribution is -1.71. The van der Waals surface area contributed by atoms with E-state index in [1.165, 1.54) is 11.5 Å². The highest BCUT2D eigenvalue weighted by atomic mass is 32.1. The highest BCUT2D eigenvalue weighted by Gasteiger charge is 1.88. The summed E-state index contributed by atoms with van der Waals surface area (Å²) in [6.45, 7) is 0. The number of nitrogens with one attached hydrogen (secondary N) is 1. The van der Waals surface area contributed by atoms with E-state index in [4.69, 9.17) is 0 Å². The van der Waals surface area contributed by atoms with Crippen molar-refractivity contribution >= 4 is 23.7 Å². The summed E-state index contributed by atoms with van der Waals surface area (Å²) in [5, 5.41) is 0. The molecule has 3 nitrogen and oxygen atoms in total. The van der Waals surface area contributed by atoms with Gasteiger partial charge in [-0.1, -0.05) is 0 Å². The highest BCUT2D eigenvalue weighted by Crippen LogP contribution is 2.08. The average molecular weight is 177 g/mol. The lowest BCUT2D eigenvalue weighted by atomic mass is 10.4. The van der Waals surface area contributed by atoms with Crippen LogP contribution in [0.4, 0.5) is 0 Å². The predicted molar refractivity (Wildman–Crippen MR) is 49.6 cm³/mol. The minimum atomic E-state index is 0.864. The molecule has 12 heavy (non-hydrogen) atoms. The van der Waals surface area contributed by atoms with Gasteiger partial charge in [0, 0.05) is 23.5 Å². The van der Waals surface area contributed by atoms with Gasteiger partial charge in [0.25, 0.3) is 0 Å². The van der Waals surface area contributed by atoms with Crippen molar-refractivity contribution in [3.05, 3.63) is 35.4 Å². The summed E-state index contributed by atoms with van der Waals surface area (Å²) in [6, 6.07) is 1.96. The zero-order valence-electron chi connectivity index (χ0n) is 6.27. The minimum absolute atomic E-state index is 0.864. The maximum absolute atomic E-state index is 4.06. The van der Waals surface area contributed by atoms with Crippen LogP contribution in [0.3, 0.4) is 0 Å². The van der Waals surface area contributed by atoms with Crippen LogP contribution in [-0.2, 0) is 0 Å². The summed E-state index contributed by atoms with van der Waals surface area (Å²) in [5.74, 6) is 0.864. The van der Waals surface area contributed by atoms with E-state index in [1.807, 2.05) is 18.2 Å². The number of H-pyrrole nitrogens is 1. The molecule has 0 aromatic carbocycles. The van der Waals surface area contributed by atoms with Gasteiger partial charge in [0.2, 0.25) is 0 Å². The van der Waals surface area contributed by atoms with Crippen LogP contribution in [-0.4, -0.2) is 14.3 Å². The molecule has 0 atom stereocenters. The molecule has 0 saturated carbocycles. The number of hydrogen-bond acceptors (Lipinski definition) is 3. The number of aromatic amines is 1. The zero-order valence-corrected chi connectivity index (χ0v) is 7.08. The van der Waals surface area contributed by atoms with Gasteiger partial charge >= 0.3 is 0 Å². The summed E-state index contributed by atoms with van der Waals surface area (Å²) in [6.07, 6.45) is 9.22. The van der Waals surface area contributed by atoms with E-state index in [9.17, 15) is 0 Å². The first-order valence-electron chi connectivity index (χ1n) is 3.53. The Morgan fingerprint density at radius 3 is 3.00 bits per heavy atom. The monoisotopic (exact) mass is 177 g/mol. The fourth-order valence-electron chi connectivity index (χ4n) is 0.841. The topological polar surface area (TPSA) is 41.6 Å². The van der Waals surface area contributed by atoms with Gasteiger partial charge in [-0.3, -0.25) is 0 Å². The van der Waals surface area contributed by atoms with Gasteiger partial charge in [-0.2, -0.15) is 0 Å². The van der Waals surface area contributed by atoms with Crippen molar-refractivity contribution in [2.45, 2.75) is 0 Å². The Bertz CT molecular complexity index is 311. The standard InChI is InChI=1S/C8H7N3S/c1(7-3-4-11-12-7)2-8-9-5-6-10-8/h1-6H,(H,9,10)/b2-1+. The van der Waals surface area contributed by atoms with E-state index < -0.39 is 0 Å². The fraction of sp³-hybridized carbons (Fsp3) is 0. The predicted octanol–water partition coefficient (Wildman–Crippen LogP) is 2.04. The largest absolute Gasteiger partial charge is 0.345 e. The molecule has 0 radical (unpaired) electrons. The highest BCUT2D eigenvalue weighted by molar-refractivity contribution is 7.06. The first kappa shape index (κ1) is 7.24. The summed E-state index contributed by atoms with van der Waals surface area (Å²) in [4.78, 5) is 8.17. The van der Waals surface area contributed by atoms with Crippen LogP contribution < -0.4 is 0 Å². The smallest absolute Gasteiger partial charge is 0.129 e. The summed E-state index contributed by atoms with van der Waals surface area (Å²) in [7, 11) is 0. The minimum Gasteiger partial charge on any atom is -0.345 e. The SMILES string of the molecule is C(=C\c1ccns1)/c1ncc[nH]1. The van der Waals surface area contributed by atoms with Crippen molar-refractivity contribution in [1.29, 1.82) is 0 Å². The molecule has 0 spiro atoms. The zero-order chi connectivity index (χ0) is 8.23. The Balaban J connectivity index is 2.14. The molecule has 4 heteroatoms. The van der Waals surface area contributed by atoms with Crippen molar-refractivity contribution in [3.63, 3.8) is 0 Å². The maximum Gasteiger partial charge on any atom is 0.129 e. The van der Waals surface area contributed by atoms with Crippen molar-refractivity contribution in [1.82, 2.24) is 14.3 Å². The van der Waals surface area contributed by atoms with Crippen LogP contribution in [0.15, 0.2) is 24.7 Å². The Kier molecular flexibility index (Phi) is 2.00. The third-order valence-corrected chi connectivity index (χ3v) is 2.09. The quantitative estimate of drug-likeness (QED) is 0.762. The molecule has 0 fully saturated rings. The van der Waals surface area contributed by atoms with Gasteiger partial charge in [-0.25, -0.2) is 9.36 Å². The Hall–Kier alpha value is -1.42. The second-order valence-electron chi connectivity index (χ2n) is 2.22. The molecule has 1 N–H and O–H groups in total.